The quantitative estimate of drug-likeness (QED) is 0.881. The molecule has 0 saturated carbocycles. The van der Waals surface area contributed by atoms with Gasteiger partial charge in [-0.2, -0.15) is 11.8 Å². The van der Waals surface area contributed by atoms with Gasteiger partial charge in [0.05, 0.1) is 5.02 Å². The third-order valence-electron chi connectivity index (χ3n) is 2.81. The maximum Gasteiger partial charge on any atom is 0.0585 e. The first-order valence-electron chi connectivity index (χ1n) is 5.37. The first kappa shape index (κ1) is 11.4. The second-order valence-corrected chi connectivity index (χ2v) is 5.64. The summed E-state index contributed by atoms with van der Waals surface area (Å²) in [6.07, 6.45) is 4.61. The minimum Gasteiger partial charge on any atom is -0.352 e. The van der Waals surface area contributed by atoms with Crippen LogP contribution in [-0.4, -0.2) is 22.1 Å². The van der Waals surface area contributed by atoms with Crippen molar-refractivity contribution in [1.29, 1.82) is 0 Å². The molecule has 1 aromatic heterocycles. The van der Waals surface area contributed by atoms with Crippen LogP contribution >= 0.6 is 23.4 Å². The SMILES string of the molecule is Cn1cc(Cl)cc1CNC1CCCSC1. The van der Waals surface area contributed by atoms with E-state index in [9.17, 15) is 0 Å². The van der Waals surface area contributed by atoms with E-state index in [1.54, 1.807) is 0 Å². The zero-order valence-corrected chi connectivity index (χ0v) is 10.6. The van der Waals surface area contributed by atoms with Crippen molar-refractivity contribution in [2.45, 2.75) is 25.4 Å². The third-order valence-corrected chi connectivity index (χ3v) is 4.23. The highest BCUT2D eigenvalue weighted by Crippen LogP contribution is 2.18. The average molecular weight is 245 g/mol. The summed E-state index contributed by atoms with van der Waals surface area (Å²) in [5, 5.41) is 4.42. The number of hydrogen-bond acceptors (Lipinski definition) is 2. The molecule has 4 heteroatoms. The summed E-state index contributed by atoms with van der Waals surface area (Å²) >= 11 is 7.99. The van der Waals surface area contributed by atoms with Crippen molar-refractivity contribution in [3.63, 3.8) is 0 Å². The fourth-order valence-electron chi connectivity index (χ4n) is 1.89. The van der Waals surface area contributed by atoms with E-state index in [4.69, 9.17) is 11.6 Å². The minimum atomic E-state index is 0.678. The normalized spacial score (nSPS) is 21.9. The number of halogens is 1. The van der Waals surface area contributed by atoms with Crippen molar-refractivity contribution in [2.24, 2.45) is 7.05 Å². The zero-order valence-electron chi connectivity index (χ0n) is 9.00. The highest BCUT2D eigenvalue weighted by Gasteiger charge is 2.13. The van der Waals surface area contributed by atoms with Gasteiger partial charge in [-0.25, -0.2) is 0 Å². The molecule has 1 fully saturated rings. The Morgan fingerprint density at radius 3 is 3.13 bits per heavy atom. The molecule has 2 rings (SSSR count). The van der Waals surface area contributed by atoms with Crippen LogP contribution in [0.1, 0.15) is 18.5 Å². The van der Waals surface area contributed by atoms with Crippen LogP contribution in [0.25, 0.3) is 0 Å². The van der Waals surface area contributed by atoms with Crippen LogP contribution in [0.3, 0.4) is 0 Å². The Hall–Kier alpha value is -0.120. The number of aromatic nitrogens is 1. The predicted molar refractivity (Wildman–Crippen MR) is 67.6 cm³/mol. The van der Waals surface area contributed by atoms with Gasteiger partial charge in [0, 0.05) is 37.3 Å². The summed E-state index contributed by atoms with van der Waals surface area (Å²) in [6.45, 7) is 0.925. The molecule has 1 aliphatic heterocycles. The number of hydrogen-bond donors (Lipinski definition) is 1. The summed E-state index contributed by atoms with van der Waals surface area (Å²) in [4.78, 5) is 0. The van der Waals surface area contributed by atoms with Crippen LogP contribution in [0.5, 0.6) is 0 Å². The predicted octanol–water partition coefficient (Wildman–Crippen LogP) is 2.66. The molecule has 1 N–H and O–H groups in total. The maximum atomic E-state index is 5.93. The largest absolute Gasteiger partial charge is 0.352 e. The number of nitrogens with zero attached hydrogens (tertiary/aromatic N) is 1. The fourth-order valence-corrected chi connectivity index (χ4v) is 3.27. The molecule has 1 saturated heterocycles. The maximum absolute atomic E-state index is 5.93. The van der Waals surface area contributed by atoms with Crippen LogP contribution < -0.4 is 5.32 Å². The summed E-state index contributed by atoms with van der Waals surface area (Å²) in [5.74, 6) is 2.58. The van der Waals surface area contributed by atoms with Gasteiger partial charge in [0.1, 0.15) is 0 Å². The van der Waals surface area contributed by atoms with Gasteiger partial charge in [-0.3, -0.25) is 0 Å². The van der Waals surface area contributed by atoms with Gasteiger partial charge in [0.25, 0.3) is 0 Å². The minimum absolute atomic E-state index is 0.678. The monoisotopic (exact) mass is 244 g/mol. The standard InChI is InChI=1S/C11H17ClN2S/c1-14-7-9(12)5-11(14)6-13-10-3-2-4-15-8-10/h5,7,10,13H,2-4,6,8H2,1H3. The molecular weight excluding hydrogens is 228 g/mol. The van der Waals surface area contributed by atoms with Gasteiger partial charge in [-0.05, 0) is 24.7 Å². The zero-order chi connectivity index (χ0) is 10.7. The summed E-state index contributed by atoms with van der Waals surface area (Å²) in [6, 6.07) is 2.71. The highest BCUT2D eigenvalue weighted by atomic mass is 35.5. The lowest BCUT2D eigenvalue weighted by molar-refractivity contribution is 0.499. The van der Waals surface area contributed by atoms with E-state index in [1.165, 1.54) is 30.0 Å². The Labute approximate surface area is 100 Å². The van der Waals surface area contributed by atoms with Gasteiger partial charge in [0.2, 0.25) is 0 Å². The van der Waals surface area contributed by atoms with Crippen molar-refractivity contribution in [3.05, 3.63) is 23.0 Å². The number of aryl methyl sites for hydroxylation is 1. The Morgan fingerprint density at radius 1 is 1.67 bits per heavy atom. The summed E-state index contributed by atoms with van der Waals surface area (Å²) < 4.78 is 2.09. The second kappa shape index (κ2) is 5.28. The molecule has 2 heterocycles. The Bertz CT molecular complexity index is 318. The van der Waals surface area contributed by atoms with Crippen molar-refractivity contribution >= 4 is 23.4 Å². The number of rotatable bonds is 3. The van der Waals surface area contributed by atoms with Crippen LogP contribution in [0.2, 0.25) is 5.02 Å². The van der Waals surface area contributed by atoms with Crippen LogP contribution in [0.15, 0.2) is 12.3 Å². The van der Waals surface area contributed by atoms with E-state index >= 15 is 0 Å². The van der Waals surface area contributed by atoms with E-state index in [0.29, 0.717) is 6.04 Å². The molecule has 0 aromatic carbocycles. The number of nitrogens with one attached hydrogen (secondary N) is 1. The molecule has 1 aromatic rings. The molecule has 1 atom stereocenters. The lowest BCUT2D eigenvalue weighted by Crippen LogP contribution is -2.33. The molecule has 2 nitrogen and oxygen atoms in total. The smallest absolute Gasteiger partial charge is 0.0585 e. The molecule has 1 aliphatic rings. The van der Waals surface area contributed by atoms with E-state index in [-0.39, 0.29) is 0 Å². The van der Waals surface area contributed by atoms with Gasteiger partial charge in [-0.1, -0.05) is 11.6 Å². The number of thioether (sulfide) groups is 1. The molecular formula is C11H17ClN2S. The van der Waals surface area contributed by atoms with Gasteiger partial charge in [0.15, 0.2) is 0 Å². The van der Waals surface area contributed by atoms with Crippen LogP contribution in [0.4, 0.5) is 0 Å². The van der Waals surface area contributed by atoms with Gasteiger partial charge >= 0.3 is 0 Å². The molecule has 0 amide bonds. The first-order chi connectivity index (χ1) is 7.25. The first-order valence-corrected chi connectivity index (χ1v) is 6.91. The van der Waals surface area contributed by atoms with Crippen LogP contribution in [-0.2, 0) is 13.6 Å². The van der Waals surface area contributed by atoms with E-state index < -0.39 is 0 Å². The van der Waals surface area contributed by atoms with Gasteiger partial charge < -0.3 is 9.88 Å². The average Bonchev–Trinajstić information content (AvgIpc) is 2.56. The molecule has 15 heavy (non-hydrogen) atoms. The molecule has 0 bridgehead atoms. The van der Waals surface area contributed by atoms with Crippen LogP contribution in [0, 0.1) is 0 Å². The topological polar surface area (TPSA) is 17.0 Å². The highest BCUT2D eigenvalue weighted by molar-refractivity contribution is 7.99. The van der Waals surface area contributed by atoms with Crippen molar-refractivity contribution in [2.75, 3.05) is 11.5 Å². The Balaban J connectivity index is 1.84. The molecule has 0 spiro atoms. The van der Waals surface area contributed by atoms with Crippen molar-refractivity contribution < 1.29 is 0 Å². The van der Waals surface area contributed by atoms with E-state index in [2.05, 4.69) is 21.6 Å². The molecule has 0 radical (unpaired) electrons. The second-order valence-electron chi connectivity index (χ2n) is 4.06. The molecule has 1 unspecified atom stereocenters. The Morgan fingerprint density at radius 2 is 2.53 bits per heavy atom. The Kier molecular flexibility index (Phi) is 4.00. The lowest BCUT2D eigenvalue weighted by Gasteiger charge is -2.22. The fraction of sp³-hybridized carbons (Fsp3) is 0.636. The third kappa shape index (κ3) is 3.16. The van der Waals surface area contributed by atoms with E-state index in [0.717, 1.165) is 11.6 Å². The molecule has 0 aliphatic carbocycles. The lowest BCUT2D eigenvalue weighted by atomic mass is 10.2. The molecule has 84 valence electrons. The van der Waals surface area contributed by atoms with E-state index in [1.807, 2.05) is 19.3 Å². The summed E-state index contributed by atoms with van der Waals surface area (Å²) in [7, 11) is 2.04. The van der Waals surface area contributed by atoms with Crippen molar-refractivity contribution in [1.82, 2.24) is 9.88 Å². The summed E-state index contributed by atoms with van der Waals surface area (Å²) in [5.41, 5.74) is 1.26. The van der Waals surface area contributed by atoms with Gasteiger partial charge in [-0.15, -0.1) is 0 Å². The van der Waals surface area contributed by atoms with Crippen molar-refractivity contribution in [3.8, 4) is 0 Å².